The van der Waals surface area contributed by atoms with Gasteiger partial charge >= 0.3 is 0 Å². The Balaban J connectivity index is 1.95. The van der Waals surface area contributed by atoms with Crippen LogP contribution in [-0.4, -0.2) is 32.7 Å². The number of anilines is 1. The average molecular weight is 327 g/mol. The molecule has 22 heavy (non-hydrogen) atoms. The normalized spacial score (nSPS) is 15.4. The second kappa shape index (κ2) is 8.25. The summed E-state index contributed by atoms with van der Waals surface area (Å²) < 4.78 is 10.4. The quantitative estimate of drug-likeness (QED) is 0.842. The third-order valence-corrected chi connectivity index (χ3v) is 4.20. The summed E-state index contributed by atoms with van der Waals surface area (Å²) in [4.78, 5) is 12.1. The van der Waals surface area contributed by atoms with E-state index in [-0.39, 0.29) is 5.91 Å². The fourth-order valence-electron chi connectivity index (χ4n) is 2.70. The van der Waals surface area contributed by atoms with Crippen molar-refractivity contribution in [1.29, 1.82) is 0 Å². The molecule has 0 heterocycles. The Morgan fingerprint density at radius 1 is 1.18 bits per heavy atom. The van der Waals surface area contributed by atoms with E-state index < -0.39 is 0 Å². The molecular weight excluding hydrogens is 304 g/mol. The highest BCUT2D eigenvalue weighted by Gasteiger charge is 2.16. The molecule has 1 saturated carbocycles. The highest BCUT2D eigenvalue weighted by Crippen LogP contribution is 2.35. The lowest BCUT2D eigenvalue weighted by atomic mass is 9.95. The van der Waals surface area contributed by atoms with Crippen LogP contribution in [0.2, 0.25) is 5.02 Å². The van der Waals surface area contributed by atoms with E-state index in [2.05, 4.69) is 10.6 Å². The van der Waals surface area contributed by atoms with Crippen molar-refractivity contribution in [2.75, 3.05) is 26.1 Å². The number of methoxy groups -OCH3 is 2. The van der Waals surface area contributed by atoms with Gasteiger partial charge in [0.05, 0.1) is 31.5 Å². The molecule has 0 unspecified atom stereocenters. The number of rotatable bonds is 6. The fraction of sp³-hybridized carbons (Fsp3) is 0.562. The molecule has 5 nitrogen and oxygen atoms in total. The number of benzene rings is 1. The van der Waals surface area contributed by atoms with Gasteiger partial charge in [0.2, 0.25) is 5.91 Å². The SMILES string of the molecule is COc1cc(NC(=O)CNC2CCCCC2)c(OC)cc1Cl. The minimum atomic E-state index is -0.103. The average Bonchev–Trinajstić information content (AvgIpc) is 2.55. The van der Waals surface area contributed by atoms with Crippen molar-refractivity contribution >= 4 is 23.2 Å². The molecular formula is C16H23ClN2O3. The number of halogens is 1. The summed E-state index contributed by atoms with van der Waals surface area (Å²) in [5, 5.41) is 6.59. The second-order valence-electron chi connectivity index (χ2n) is 5.45. The van der Waals surface area contributed by atoms with E-state index in [9.17, 15) is 4.79 Å². The van der Waals surface area contributed by atoms with E-state index in [1.165, 1.54) is 33.5 Å². The first-order valence-corrected chi connectivity index (χ1v) is 7.96. The molecule has 122 valence electrons. The zero-order valence-corrected chi connectivity index (χ0v) is 13.8. The van der Waals surface area contributed by atoms with Crippen LogP contribution in [0, 0.1) is 0 Å². The lowest BCUT2D eigenvalue weighted by Crippen LogP contribution is -2.37. The maximum atomic E-state index is 12.1. The van der Waals surface area contributed by atoms with Gasteiger partial charge in [-0.2, -0.15) is 0 Å². The van der Waals surface area contributed by atoms with Gasteiger partial charge < -0.3 is 20.1 Å². The van der Waals surface area contributed by atoms with Gasteiger partial charge in [-0.1, -0.05) is 30.9 Å². The highest BCUT2D eigenvalue weighted by molar-refractivity contribution is 6.32. The number of hydrogen-bond donors (Lipinski definition) is 2. The number of carbonyl (C=O) groups is 1. The van der Waals surface area contributed by atoms with E-state index in [4.69, 9.17) is 21.1 Å². The maximum absolute atomic E-state index is 12.1. The summed E-state index contributed by atoms with van der Waals surface area (Å²) in [7, 11) is 3.07. The first-order valence-electron chi connectivity index (χ1n) is 7.58. The van der Waals surface area contributed by atoms with E-state index >= 15 is 0 Å². The van der Waals surface area contributed by atoms with Gasteiger partial charge in [-0.15, -0.1) is 0 Å². The van der Waals surface area contributed by atoms with Crippen molar-refractivity contribution in [3.8, 4) is 11.5 Å². The van der Waals surface area contributed by atoms with Crippen molar-refractivity contribution in [3.05, 3.63) is 17.2 Å². The Morgan fingerprint density at radius 2 is 1.86 bits per heavy atom. The molecule has 0 spiro atoms. The van der Waals surface area contributed by atoms with Crippen LogP contribution < -0.4 is 20.1 Å². The molecule has 1 aliphatic rings. The third kappa shape index (κ3) is 4.52. The molecule has 0 aliphatic heterocycles. The predicted molar refractivity (Wildman–Crippen MR) is 88.1 cm³/mol. The topological polar surface area (TPSA) is 59.6 Å². The van der Waals surface area contributed by atoms with E-state index in [0.29, 0.717) is 34.8 Å². The Labute approximate surface area is 136 Å². The van der Waals surface area contributed by atoms with E-state index in [1.54, 1.807) is 12.1 Å². The zero-order chi connectivity index (χ0) is 15.9. The standard InChI is InChI=1S/C16H23ClN2O3/c1-21-14-9-13(15(22-2)8-12(14)17)19-16(20)10-18-11-6-4-3-5-7-11/h8-9,11,18H,3-7,10H2,1-2H3,(H,19,20). The van der Waals surface area contributed by atoms with Gasteiger partial charge in [-0.05, 0) is 12.8 Å². The Kier molecular flexibility index (Phi) is 6.34. The summed E-state index contributed by atoms with van der Waals surface area (Å²) in [6.45, 7) is 0.290. The summed E-state index contributed by atoms with van der Waals surface area (Å²) >= 11 is 6.05. The number of nitrogens with one attached hydrogen (secondary N) is 2. The third-order valence-electron chi connectivity index (χ3n) is 3.90. The summed E-state index contributed by atoms with van der Waals surface area (Å²) in [5.74, 6) is 0.906. The van der Waals surface area contributed by atoms with Gasteiger partial charge in [-0.25, -0.2) is 0 Å². The molecule has 1 aliphatic carbocycles. The molecule has 0 aromatic heterocycles. The second-order valence-corrected chi connectivity index (χ2v) is 5.86. The Morgan fingerprint density at radius 3 is 2.50 bits per heavy atom. The number of amides is 1. The van der Waals surface area contributed by atoms with Crippen molar-refractivity contribution in [2.24, 2.45) is 0 Å². The van der Waals surface area contributed by atoms with Crippen LogP contribution in [0.5, 0.6) is 11.5 Å². The zero-order valence-electron chi connectivity index (χ0n) is 13.1. The van der Waals surface area contributed by atoms with Gasteiger partial charge in [0.1, 0.15) is 11.5 Å². The molecule has 0 bridgehead atoms. The molecule has 2 N–H and O–H groups in total. The number of hydrogen-bond acceptors (Lipinski definition) is 4. The van der Waals surface area contributed by atoms with Gasteiger partial charge in [0, 0.05) is 18.2 Å². The largest absolute Gasteiger partial charge is 0.495 e. The smallest absolute Gasteiger partial charge is 0.238 e. The van der Waals surface area contributed by atoms with Crippen LogP contribution in [0.4, 0.5) is 5.69 Å². The van der Waals surface area contributed by atoms with E-state index in [1.807, 2.05) is 0 Å². The van der Waals surface area contributed by atoms with Gasteiger partial charge in [-0.3, -0.25) is 4.79 Å². The highest BCUT2D eigenvalue weighted by atomic mass is 35.5. The molecule has 1 amide bonds. The molecule has 2 rings (SSSR count). The summed E-state index contributed by atoms with van der Waals surface area (Å²) in [6.07, 6.45) is 6.06. The maximum Gasteiger partial charge on any atom is 0.238 e. The number of carbonyl (C=O) groups excluding carboxylic acids is 1. The lowest BCUT2D eigenvalue weighted by Gasteiger charge is -2.22. The molecule has 1 fully saturated rings. The minimum Gasteiger partial charge on any atom is -0.495 e. The Hall–Kier alpha value is -1.46. The molecule has 0 radical (unpaired) electrons. The molecule has 0 saturated heterocycles. The monoisotopic (exact) mass is 326 g/mol. The van der Waals surface area contributed by atoms with Crippen LogP contribution in [-0.2, 0) is 4.79 Å². The van der Waals surface area contributed by atoms with E-state index in [0.717, 1.165) is 12.8 Å². The van der Waals surface area contributed by atoms with Crippen molar-refractivity contribution in [3.63, 3.8) is 0 Å². The van der Waals surface area contributed by atoms with Crippen molar-refractivity contribution in [1.82, 2.24) is 5.32 Å². The predicted octanol–water partition coefficient (Wildman–Crippen LogP) is 3.22. The molecule has 0 atom stereocenters. The molecule has 1 aromatic carbocycles. The fourth-order valence-corrected chi connectivity index (χ4v) is 2.93. The van der Waals surface area contributed by atoms with Gasteiger partial charge in [0.25, 0.3) is 0 Å². The first-order chi connectivity index (χ1) is 10.6. The molecule has 6 heteroatoms. The summed E-state index contributed by atoms with van der Waals surface area (Å²) in [5.41, 5.74) is 0.555. The van der Waals surface area contributed by atoms with Crippen LogP contribution in [0.1, 0.15) is 32.1 Å². The minimum absolute atomic E-state index is 0.103. The lowest BCUT2D eigenvalue weighted by molar-refractivity contribution is -0.115. The summed E-state index contributed by atoms with van der Waals surface area (Å²) in [6, 6.07) is 3.74. The Bertz CT molecular complexity index is 516. The van der Waals surface area contributed by atoms with Crippen molar-refractivity contribution < 1.29 is 14.3 Å². The van der Waals surface area contributed by atoms with Crippen LogP contribution in [0.3, 0.4) is 0 Å². The van der Waals surface area contributed by atoms with Crippen LogP contribution in [0.25, 0.3) is 0 Å². The van der Waals surface area contributed by atoms with Crippen molar-refractivity contribution in [2.45, 2.75) is 38.1 Å². The number of ether oxygens (including phenoxy) is 2. The van der Waals surface area contributed by atoms with Crippen LogP contribution >= 0.6 is 11.6 Å². The molecule has 1 aromatic rings. The van der Waals surface area contributed by atoms with Gasteiger partial charge in [0.15, 0.2) is 0 Å². The first kappa shape index (κ1) is 16.9. The van der Waals surface area contributed by atoms with Crippen LogP contribution in [0.15, 0.2) is 12.1 Å².